The van der Waals surface area contributed by atoms with Crippen LogP contribution in [0.3, 0.4) is 0 Å². The average Bonchev–Trinajstić information content (AvgIpc) is 1.81. The minimum Gasteiger partial charge on any atom is -0.198 e. The van der Waals surface area contributed by atoms with E-state index < -0.39 is 0 Å². The molecule has 0 aliphatic heterocycles. The van der Waals surface area contributed by atoms with Gasteiger partial charge >= 0.3 is 0 Å². The maximum Gasteiger partial charge on any atom is 0.0630 e. The van der Waals surface area contributed by atoms with E-state index in [1.165, 1.54) is 0 Å². The van der Waals surface area contributed by atoms with Crippen LogP contribution in [0.1, 0.15) is 6.42 Å². The van der Waals surface area contributed by atoms with Crippen molar-refractivity contribution >= 4 is 11.8 Å². The van der Waals surface area contributed by atoms with E-state index >= 15 is 0 Å². The predicted molar refractivity (Wildman–Crippen MR) is 36.4 cm³/mol. The molecule has 42 valence electrons. The number of thioether (sulfide) groups is 1. The maximum atomic E-state index is 8.05. The van der Waals surface area contributed by atoms with Crippen LogP contribution in [0.25, 0.3) is 0 Å². The van der Waals surface area contributed by atoms with Crippen LogP contribution in [0.15, 0.2) is 0 Å². The van der Waals surface area contributed by atoms with Crippen molar-refractivity contribution in [2.75, 3.05) is 11.5 Å². The molecule has 0 unspecified atom stereocenters. The van der Waals surface area contributed by atoms with E-state index in [0.717, 1.165) is 11.5 Å². The third kappa shape index (κ3) is 5.40. The third-order valence-electron chi connectivity index (χ3n) is 0.544. The molecule has 0 aromatic heterocycles. The number of rotatable bonds is 3. The first kappa shape index (κ1) is 7.40. The highest BCUT2D eigenvalue weighted by Gasteiger charge is 1.81. The molecule has 0 saturated carbocycles. The smallest absolute Gasteiger partial charge is 0.0630 e. The normalized spacial score (nSPS) is 7.25. The summed E-state index contributed by atoms with van der Waals surface area (Å²) in [5.41, 5.74) is 0. The standard InChI is InChI=1S/C6H7NS/c1-2-5-8-6-3-4-7/h1H,3,5-6H2. The van der Waals surface area contributed by atoms with Crippen LogP contribution in [0.5, 0.6) is 0 Å². The molecule has 0 amide bonds. The molecular weight excluding hydrogens is 118 g/mol. The molecule has 0 aliphatic carbocycles. The summed E-state index contributed by atoms with van der Waals surface area (Å²) >= 11 is 1.62. The van der Waals surface area contributed by atoms with Crippen LogP contribution in [0.4, 0.5) is 0 Å². The molecule has 1 nitrogen and oxygen atoms in total. The summed E-state index contributed by atoms with van der Waals surface area (Å²) in [6, 6.07) is 2.04. The van der Waals surface area contributed by atoms with Crippen LogP contribution < -0.4 is 0 Å². The Morgan fingerprint density at radius 3 is 2.88 bits per heavy atom. The van der Waals surface area contributed by atoms with Crippen LogP contribution in [0.2, 0.25) is 0 Å². The fraction of sp³-hybridized carbons (Fsp3) is 0.500. The van der Waals surface area contributed by atoms with Crippen molar-refractivity contribution in [2.24, 2.45) is 0 Å². The molecule has 0 rings (SSSR count). The zero-order valence-electron chi connectivity index (χ0n) is 4.55. The van der Waals surface area contributed by atoms with Gasteiger partial charge in [0, 0.05) is 12.2 Å². The Bertz CT molecular complexity index is 101. The molecule has 0 saturated heterocycles. The van der Waals surface area contributed by atoms with Crippen molar-refractivity contribution in [3.05, 3.63) is 0 Å². The van der Waals surface area contributed by atoms with Crippen molar-refractivity contribution < 1.29 is 0 Å². The Morgan fingerprint density at radius 1 is 1.62 bits per heavy atom. The topological polar surface area (TPSA) is 23.8 Å². The highest BCUT2D eigenvalue weighted by Crippen LogP contribution is 1.98. The van der Waals surface area contributed by atoms with Gasteiger partial charge in [-0.1, -0.05) is 5.92 Å². The van der Waals surface area contributed by atoms with E-state index in [0.29, 0.717) is 6.42 Å². The molecule has 0 aromatic carbocycles. The molecule has 8 heavy (non-hydrogen) atoms. The summed E-state index contributed by atoms with van der Waals surface area (Å²) in [7, 11) is 0. The lowest BCUT2D eigenvalue weighted by molar-refractivity contribution is 1.24. The lowest BCUT2D eigenvalue weighted by Gasteiger charge is -1.85. The Kier molecular flexibility index (Phi) is 5.92. The molecule has 2 heteroatoms. The van der Waals surface area contributed by atoms with Crippen LogP contribution >= 0.6 is 11.8 Å². The number of terminal acetylenes is 1. The highest BCUT2D eigenvalue weighted by atomic mass is 32.2. The quantitative estimate of drug-likeness (QED) is 0.419. The zero-order chi connectivity index (χ0) is 6.24. The second-order valence-corrected chi connectivity index (χ2v) is 2.27. The molecule has 0 radical (unpaired) electrons. The van der Waals surface area contributed by atoms with Crippen LogP contribution in [0, 0.1) is 23.7 Å². The first-order chi connectivity index (χ1) is 3.91. The van der Waals surface area contributed by atoms with Gasteiger partial charge in [0.15, 0.2) is 0 Å². The summed E-state index contributed by atoms with van der Waals surface area (Å²) < 4.78 is 0. The molecule has 0 N–H and O–H groups in total. The van der Waals surface area contributed by atoms with Gasteiger partial charge in [-0.15, -0.1) is 18.2 Å². The second-order valence-electron chi connectivity index (χ2n) is 1.16. The molecule has 0 aromatic rings. The van der Waals surface area contributed by atoms with E-state index in [4.69, 9.17) is 11.7 Å². The lowest BCUT2D eigenvalue weighted by Crippen LogP contribution is -1.76. The monoisotopic (exact) mass is 125 g/mol. The zero-order valence-corrected chi connectivity index (χ0v) is 5.37. The number of nitrogens with zero attached hydrogens (tertiary/aromatic N) is 1. The molecule has 0 bridgehead atoms. The SMILES string of the molecule is C#CCSCCC#N. The van der Waals surface area contributed by atoms with E-state index in [9.17, 15) is 0 Å². The maximum absolute atomic E-state index is 8.05. The predicted octanol–water partition coefficient (Wildman–Crippen LogP) is 1.27. The van der Waals surface area contributed by atoms with Gasteiger partial charge in [-0.05, 0) is 0 Å². The van der Waals surface area contributed by atoms with Crippen molar-refractivity contribution in [1.29, 1.82) is 5.26 Å². The Morgan fingerprint density at radius 2 is 2.38 bits per heavy atom. The van der Waals surface area contributed by atoms with Gasteiger partial charge in [0.05, 0.1) is 11.8 Å². The fourth-order valence-electron chi connectivity index (χ4n) is 0.249. The highest BCUT2D eigenvalue weighted by molar-refractivity contribution is 7.99. The summed E-state index contributed by atoms with van der Waals surface area (Å²) in [5, 5.41) is 8.05. The summed E-state index contributed by atoms with van der Waals surface area (Å²) in [4.78, 5) is 0. The Balaban J connectivity index is 2.77. The molecule has 0 aliphatic rings. The van der Waals surface area contributed by atoms with Crippen LogP contribution in [-0.2, 0) is 0 Å². The molecule has 0 fully saturated rings. The van der Waals surface area contributed by atoms with Gasteiger partial charge in [-0.25, -0.2) is 0 Å². The van der Waals surface area contributed by atoms with Crippen molar-refractivity contribution in [3.8, 4) is 18.4 Å². The van der Waals surface area contributed by atoms with Gasteiger partial charge in [0.1, 0.15) is 0 Å². The number of nitriles is 1. The Labute approximate surface area is 54.1 Å². The lowest BCUT2D eigenvalue weighted by atomic mass is 10.6. The first-order valence-electron chi connectivity index (χ1n) is 2.30. The van der Waals surface area contributed by atoms with E-state index in [2.05, 4.69) is 5.92 Å². The second kappa shape index (κ2) is 6.40. The summed E-state index contributed by atoms with van der Waals surface area (Å²) in [6.07, 6.45) is 5.56. The largest absolute Gasteiger partial charge is 0.198 e. The van der Waals surface area contributed by atoms with Crippen LogP contribution in [-0.4, -0.2) is 11.5 Å². The minimum atomic E-state index is 0.604. The van der Waals surface area contributed by atoms with Gasteiger partial charge in [-0.2, -0.15) is 5.26 Å². The number of hydrogen-bond donors (Lipinski definition) is 0. The van der Waals surface area contributed by atoms with Gasteiger partial charge in [0.2, 0.25) is 0 Å². The molecule has 0 heterocycles. The van der Waals surface area contributed by atoms with Gasteiger partial charge in [-0.3, -0.25) is 0 Å². The minimum absolute atomic E-state index is 0.604. The van der Waals surface area contributed by atoms with Gasteiger partial charge < -0.3 is 0 Å². The molecule has 0 spiro atoms. The van der Waals surface area contributed by atoms with E-state index in [1.807, 2.05) is 6.07 Å². The van der Waals surface area contributed by atoms with E-state index in [-0.39, 0.29) is 0 Å². The Hall–Kier alpha value is -0.600. The first-order valence-corrected chi connectivity index (χ1v) is 3.45. The number of hydrogen-bond acceptors (Lipinski definition) is 2. The molecular formula is C6H7NS. The average molecular weight is 125 g/mol. The third-order valence-corrected chi connectivity index (χ3v) is 1.41. The molecule has 0 atom stereocenters. The van der Waals surface area contributed by atoms with Crippen molar-refractivity contribution in [3.63, 3.8) is 0 Å². The van der Waals surface area contributed by atoms with E-state index in [1.54, 1.807) is 11.8 Å². The summed E-state index contributed by atoms with van der Waals surface area (Å²) in [5.74, 6) is 4.07. The van der Waals surface area contributed by atoms with Gasteiger partial charge in [0.25, 0.3) is 0 Å². The fourth-order valence-corrected chi connectivity index (χ4v) is 0.747. The van der Waals surface area contributed by atoms with Crippen molar-refractivity contribution in [2.45, 2.75) is 6.42 Å². The van der Waals surface area contributed by atoms with Crippen molar-refractivity contribution in [1.82, 2.24) is 0 Å². The summed E-state index contributed by atoms with van der Waals surface area (Å²) in [6.45, 7) is 0.